The van der Waals surface area contributed by atoms with Crippen molar-refractivity contribution in [1.29, 1.82) is 0 Å². The fraction of sp³-hybridized carbons (Fsp3) is 0.500. The zero-order valence-electron chi connectivity index (χ0n) is 11.0. The molecule has 1 aromatic carbocycles. The van der Waals surface area contributed by atoms with Gasteiger partial charge in [-0.1, -0.05) is 36.4 Å². The molecule has 2 bridgehead atoms. The monoisotopic (exact) mass is 277 g/mol. The van der Waals surface area contributed by atoms with E-state index in [0.717, 1.165) is 25.8 Å². The number of allylic oxidation sites excluding steroid dienone is 2. The Hall–Kier alpha value is -0.830. The maximum Gasteiger partial charge on any atom is 0.0953 e. The summed E-state index contributed by atoms with van der Waals surface area (Å²) < 4.78 is 0. The molecule has 0 spiro atoms. The minimum Gasteiger partial charge on any atom is -0.634 e. The number of nitrogens with one attached hydrogen (secondary N) is 1. The van der Waals surface area contributed by atoms with Gasteiger partial charge in [-0.3, -0.25) is 0 Å². The first-order valence-electron chi connectivity index (χ1n) is 7.10. The van der Waals surface area contributed by atoms with Gasteiger partial charge in [-0.05, 0) is 24.0 Å². The van der Waals surface area contributed by atoms with E-state index < -0.39 is 0 Å². The van der Waals surface area contributed by atoms with Gasteiger partial charge in [0.2, 0.25) is 0 Å². The van der Waals surface area contributed by atoms with E-state index in [9.17, 15) is 5.21 Å². The molecule has 4 rings (SSSR count). The molecule has 2 nitrogen and oxygen atoms in total. The Morgan fingerprint density at radius 1 is 1.26 bits per heavy atom. The molecule has 3 heteroatoms. The standard InChI is InChI=1S/C16H19NO.ClH/c18-17-10-9-16-8-4-3-7-14(16)15(17)11-12-5-1-2-6-13(12)16;/h1-2,4-6,8,14-15,17H,3,7,9-11H2;1H/t14-,15+,16-;/m0./s1. The topological polar surface area (TPSA) is 27.5 Å². The molecule has 1 N–H and O–H groups in total. The molecular weight excluding hydrogens is 258 g/mol. The van der Waals surface area contributed by atoms with Gasteiger partial charge in [0.05, 0.1) is 12.6 Å². The van der Waals surface area contributed by atoms with Gasteiger partial charge in [-0.15, -0.1) is 12.4 Å². The predicted octanol–water partition coefficient (Wildman–Crippen LogP) is 2.02. The van der Waals surface area contributed by atoms with Crippen LogP contribution in [0.2, 0.25) is 0 Å². The second kappa shape index (κ2) is 4.62. The van der Waals surface area contributed by atoms with Crippen molar-refractivity contribution < 1.29 is 5.06 Å². The Kier molecular flexibility index (Phi) is 3.20. The zero-order chi connectivity index (χ0) is 12.2. The molecule has 1 aliphatic heterocycles. The van der Waals surface area contributed by atoms with E-state index in [0.29, 0.717) is 17.0 Å². The highest BCUT2D eigenvalue weighted by atomic mass is 35.5. The quantitative estimate of drug-likeness (QED) is 0.570. The van der Waals surface area contributed by atoms with Gasteiger partial charge in [0.1, 0.15) is 0 Å². The molecule has 0 saturated carbocycles. The fourth-order valence-corrected chi connectivity index (χ4v) is 4.59. The van der Waals surface area contributed by atoms with Crippen LogP contribution < -0.4 is 5.06 Å². The van der Waals surface area contributed by atoms with E-state index in [-0.39, 0.29) is 17.8 Å². The second-order valence-corrected chi connectivity index (χ2v) is 6.06. The van der Waals surface area contributed by atoms with Crippen molar-refractivity contribution in [1.82, 2.24) is 0 Å². The van der Waals surface area contributed by atoms with E-state index in [1.54, 1.807) is 0 Å². The van der Waals surface area contributed by atoms with Crippen LogP contribution in [0.5, 0.6) is 0 Å². The molecule has 4 atom stereocenters. The number of piperidine rings is 1. The summed E-state index contributed by atoms with van der Waals surface area (Å²) in [4.78, 5) is 0. The van der Waals surface area contributed by atoms with Gasteiger partial charge < -0.3 is 10.3 Å². The van der Waals surface area contributed by atoms with Gasteiger partial charge in [0.25, 0.3) is 0 Å². The number of hydrogen-bond donors (Lipinski definition) is 1. The highest BCUT2D eigenvalue weighted by Gasteiger charge is 2.53. The van der Waals surface area contributed by atoms with Crippen LogP contribution in [0, 0.1) is 11.1 Å². The van der Waals surface area contributed by atoms with Crippen LogP contribution in [0.1, 0.15) is 30.4 Å². The molecule has 0 amide bonds. The van der Waals surface area contributed by atoms with E-state index in [2.05, 4.69) is 36.4 Å². The summed E-state index contributed by atoms with van der Waals surface area (Å²) in [5.74, 6) is 0.568. The van der Waals surface area contributed by atoms with Crippen molar-refractivity contribution >= 4 is 12.4 Å². The van der Waals surface area contributed by atoms with Crippen LogP contribution in [0.25, 0.3) is 0 Å². The number of hydrogen-bond acceptors (Lipinski definition) is 1. The van der Waals surface area contributed by atoms with Crippen LogP contribution in [0.3, 0.4) is 0 Å². The molecule has 19 heavy (non-hydrogen) atoms. The van der Waals surface area contributed by atoms with Crippen LogP contribution in [0.15, 0.2) is 36.4 Å². The molecule has 3 aliphatic rings. The molecule has 102 valence electrons. The van der Waals surface area contributed by atoms with Crippen molar-refractivity contribution in [2.45, 2.75) is 37.1 Å². The van der Waals surface area contributed by atoms with Gasteiger partial charge in [0.15, 0.2) is 0 Å². The Balaban J connectivity index is 0.00000110. The molecule has 1 heterocycles. The second-order valence-electron chi connectivity index (χ2n) is 6.06. The van der Waals surface area contributed by atoms with Gasteiger partial charge in [-0.2, -0.15) is 0 Å². The minimum atomic E-state index is 0. The number of quaternary nitrogens is 1. The van der Waals surface area contributed by atoms with E-state index in [1.807, 2.05) is 0 Å². The third kappa shape index (κ3) is 1.70. The summed E-state index contributed by atoms with van der Waals surface area (Å²) in [6, 6.07) is 9.08. The molecule has 1 fully saturated rings. The lowest BCUT2D eigenvalue weighted by atomic mass is 9.55. The van der Waals surface area contributed by atoms with Crippen molar-refractivity contribution in [3.63, 3.8) is 0 Å². The number of fused-ring (bicyclic) bond motifs is 1. The Morgan fingerprint density at radius 3 is 3.00 bits per heavy atom. The van der Waals surface area contributed by atoms with Crippen LogP contribution >= 0.6 is 12.4 Å². The highest BCUT2D eigenvalue weighted by Crippen LogP contribution is 2.49. The highest BCUT2D eigenvalue weighted by molar-refractivity contribution is 5.85. The molecule has 0 aromatic heterocycles. The predicted molar refractivity (Wildman–Crippen MR) is 78.5 cm³/mol. The summed E-state index contributed by atoms with van der Waals surface area (Å²) in [7, 11) is 0. The first-order valence-corrected chi connectivity index (χ1v) is 7.10. The average Bonchev–Trinajstić information content (AvgIpc) is 2.43. The van der Waals surface area contributed by atoms with E-state index >= 15 is 0 Å². The van der Waals surface area contributed by atoms with Crippen molar-refractivity contribution in [3.05, 3.63) is 52.8 Å². The lowest BCUT2D eigenvalue weighted by Gasteiger charge is -2.56. The normalized spacial score (nSPS) is 38.9. The summed E-state index contributed by atoms with van der Waals surface area (Å²) in [5, 5.41) is 12.8. The molecule has 1 saturated heterocycles. The van der Waals surface area contributed by atoms with Gasteiger partial charge >= 0.3 is 0 Å². The number of hydroxylamine groups is 2. The maximum atomic E-state index is 12.2. The van der Waals surface area contributed by atoms with Crippen LogP contribution in [0.4, 0.5) is 0 Å². The molecule has 0 radical (unpaired) electrons. The number of halogens is 1. The minimum absolute atomic E-state index is 0. The fourth-order valence-electron chi connectivity index (χ4n) is 4.59. The van der Waals surface area contributed by atoms with Crippen molar-refractivity contribution in [3.8, 4) is 0 Å². The average molecular weight is 278 g/mol. The lowest BCUT2D eigenvalue weighted by molar-refractivity contribution is -0.889. The van der Waals surface area contributed by atoms with E-state index in [4.69, 9.17) is 0 Å². The van der Waals surface area contributed by atoms with Gasteiger partial charge in [0, 0.05) is 24.2 Å². The molecule has 2 aliphatic carbocycles. The SMILES string of the molecule is Cl.[O-][NH+]1CC[C@]23C=CCC[C@H]2[C@H]1Cc1ccccc13. The van der Waals surface area contributed by atoms with Crippen LogP contribution in [-0.2, 0) is 11.8 Å². The molecular formula is C16H20ClNO. The largest absolute Gasteiger partial charge is 0.634 e. The molecule has 1 unspecified atom stereocenters. The number of benzene rings is 1. The summed E-state index contributed by atoms with van der Waals surface area (Å²) in [6.45, 7) is 0.778. The maximum absolute atomic E-state index is 12.2. The smallest absolute Gasteiger partial charge is 0.0953 e. The first-order chi connectivity index (χ1) is 8.81. The van der Waals surface area contributed by atoms with Crippen molar-refractivity contribution in [2.75, 3.05) is 6.54 Å². The third-order valence-corrected chi connectivity index (χ3v) is 5.36. The van der Waals surface area contributed by atoms with Crippen LogP contribution in [-0.4, -0.2) is 12.6 Å². The summed E-state index contributed by atoms with van der Waals surface area (Å²) in [5.41, 5.74) is 3.11. The third-order valence-electron chi connectivity index (χ3n) is 5.36. The Bertz CT molecular complexity index is 515. The zero-order valence-corrected chi connectivity index (χ0v) is 11.8. The molecule has 1 aromatic rings. The Morgan fingerprint density at radius 2 is 2.11 bits per heavy atom. The Labute approximate surface area is 120 Å². The van der Waals surface area contributed by atoms with Gasteiger partial charge in [-0.25, -0.2) is 0 Å². The summed E-state index contributed by atoms with van der Waals surface area (Å²) >= 11 is 0. The lowest BCUT2D eigenvalue weighted by Crippen LogP contribution is -3.15. The first kappa shape index (κ1) is 13.2. The van der Waals surface area contributed by atoms with Crippen molar-refractivity contribution in [2.24, 2.45) is 5.92 Å². The van der Waals surface area contributed by atoms with E-state index in [1.165, 1.54) is 17.5 Å². The number of rotatable bonds is 0. The summed E-state index contributed by atoms with van der Waals surface area (Å²) in [6.07, 6.45) is 9.12.